The highest BCUT2D eigenvalue weighted by Crippen LogP contribution is 2.19. The standard InChI is InChI=1S/C14H28N2O4/c1-10(2)5-7-15-11(18)6-8-16-13(20)12(19)14(3,4)9-17/h10,12,17,19H,5-9H2,1-4H3,(H,15,18)(H,16,20)/t12-/m0/s1. The molecule has 4 N–H and O–H groups in total. The van der Waals surface area contributed by atoms with E-state index in [9.17, 15) is 14.7 Å². The van der Waals surface area contributed by atoms with Crippen molar-refractivity contribution in [3.63, 3.8) is 0 Å². The molecule has 0 fully saturated rings. The summed E-state index contributed by atoms with van der Waals surface area (Å²) in [4.78, 5) is 23.1. The molecule has 118 valence electrons. The highest BCUT2D eigenvalue weighted by atomic mass is 16.3. The van der Waals surface area contributed by atoms with Gasteiger partial charge in [-0.1, -0.05) is 27.7 Å². The molecule has 0 aliphatic rings. The molecule has 0 bridgehead atoms. The molecule has 0 aliphatic heterocycles. The van der Waals surface area contributed by atoms with Gasteiger partial charge < -0.3 is 20.8 Å². The molecule has 0 aliphatic carbocycles. The number of hydrogen-bond acceptors (Lipinski definition) is 4. The van der Waals surface area contributed by atoms with Gasteiger partial charge in [-0.2, -0.15) is 0 Å². The van der Waals surface area contributed by atoms with Crippen LogP contribution >= 0.6 is 0 Å². The first-order valence-corrected chi connectivity index (χ1v) is 7.04. The van der Waals surface area contributed by atoms with E-state index in [1.807, 2.05) is 0 Å². The summed E-state index contributed by atoms with van der Waals surface area (Å²) in [6, 6.07) is 0. The zero-order valence-corrected chi connectivity index (χ0v) is 12.9. The highest BCUT2D eigenvalue weighted by molar-refractivity contribution is 5.82. The van der Waals surface area contributed by atoms with Crippen LogP contribution in [0, 0.1) is 11.3 Å². The van der Waals surface area contributed by atoms with Gasteiger partial charge in [-0.15, -0.1) is 0 Å². The number of carbonyl (C=O) groups excluding carboxylic acids is 2. The van der Waals surface area contributed by atoms with E-state index in [1.54, 1.807) is 13.8 Å². The van der Waals surface area contributed by atoms with Crippen molar-refractivity contribution in [1.82, 2.24) is 10.6 Å². The second-order valence-electron chi connectivity index (χ2n) is 6.12. The fourth-order valence-corrected chi connectivity index (χ4v) is 1.43. The van der Waals surface area contributed by atoms with Gasteiger partial charge in [0.25, 0.3) is 0 Å². The van der Waals surface area contributed by atoms with Crippen LogP contribution in [0.2, 0.25) is 0 Å². The Morgan fingerprint density at radius 3 is 2.25 bits per heavy atom. The van der Waals surface area contributed by atoms with Gasteiger partial charge in [-0.05, 0) is 12.3 Å². The van der Waals surface area contributed by atoms with Gasteiger partial charge in [-0.25, -0.2) is 0 Å². The van der Waals surface area contributed by atoms with Gasteiger partial charge in [-0.3, -0.25) is 9.59 Å². The SMILES string of the molecule is CC(C)CCNC(=O)CCNC(=O)[C@H](O)C(C)(C)CO. The average Bonchev–Trinajstić information content (AvgIpc) is 2.37. The molecule has 1 atom stereocenters. The van der Waals surface area contributed by atoms with E-state index in [1.165, 1.54) is 0 Å². The maximum atomic E-state index is 11.6. The van der Waals surface area contributed by atoms with Crippen LogP contribution in [0.1, 0.15) is 40.5 Å². The van der Waals surface area contributed by atoms with Crippen LogP contribution in [0.4, 0.5) is 0 Å². The zero-order valence-electron chi connectivity index (χ0n) is 12.9. The molecule has 0 spiro atoms. The van der Waals surface area contributed by atoms with Crippen LogP contribution < -0.4 is 10.6 Å². The predicted molar refractivity (Wildman–Crippen MR) is 77.0 cm³/mol. The van der Waals surface area contributed by atoms with Crippen molar-refractivity contribution in [2.45, 2.75) is 46.6 Å². The first-order chi connectivity index (χ1) is 9.20. The lowest BCUT2D eigenvalue weighted by atomic mass is 9.87. The summed E-state index contributed by atoms with van der Waals surface area (Å²) in [7, 11) is 0. The molecule has 0 aromatic heterocycles. The molecule has 0 heterocycles. The van der Waals surface area contributed by atoms with Crippen molar-refractivity contribution in [2.75, 3.05) is 19.7 Å². The molecular weight excluding hydrogens is 260 g/mol. The Morgan fingerprint density at radius 2 is 1.75 bits per heavy atom. The first kappa shape index (κ1) is 18.9. The second kappa shape index (κ2) is 8.92. The van der Waals surface area contributed by atoms with Gasteiger partial charge in [0.15, 0.2) is 0 Å². The lowest BCUT2D eigenvalue weighted by Gasteiger charge is -2.27. The Kier molecular flexibility index (Phi) is 8.41. The molecule has 6 nitrogen and oxygen atoms in total. The minimum absolute atomic E-state index is 0.123. The zero-order chi connectivity index (χ0) is 15.8. The summed E-state index contributed by atoms with van der Waals surface area (Å²) in [5, 5.41) is 24.1. The van der Waals surface area contributed by atoms with Crippen LogP contribution in [-0.2, 0) is 9.59 Å². The molecule has 0 unspecified atom stereocenters. The lowest BCUT2D eigenvalue weighted by Crippen LogP contribution is -2.46. The van der Waals surface area contributed by atoms with Crippen molar-refractivity contribution in [2.24, 2.45) is 11.3 Å². The van der Waals surface area contributed by atoms with Crippen LogP contribution in [-0.4, -0.2) is 47.8 Å². The monoisotopic (exact) mass is 288 g/mol. The van der Waals surface area contributed by atoms with Gasteiger partial charge in [0.2, 0.25) is 11.8 Å². The molecule has 0 aromatic carbocycles. The fourth-order valence-electron chi connectivity index (χ4n) is 1.43. The predicted octanol–water partition coefficient (Wildman–Crippen LogP) is 0.0344. The largest absolute Gasteiger partial charge is 0.396 e. The topological polar surface area (TPSA) is 98.7 Å². The summed E-state index contributed by atoms with van der Waals surface area (Å²) < 4.78 is 0. The van der Waals surface area contributed by atoms with E-state index >= 15 is 0 Å². The van der Waals surface area contributed by atoms with E-state index in [0.717, 1.165) is 6.42 Å². The molecule has 20 heavy (non-hydrogen) atoms. The molecular formula is C14H28N2O4. The normalized spacial score (nSPS) is 13.2. The third-order valence-corrected chi connectivity index (χ3v) is 3.09. The quantitative estimate of drug-likeness (QED) is 0.481. The third-order valence-electron chi connectivity index (χ3n) is 3.09. The number of rotatable bonds is 9. The summed E-state index contributed by atoms with van der Waals surface area (Å²) in [6.07, 6.45) is -0.200. The third kappa shape index (κ3) is 7.45. The number of carbonyl (C=O) groups is 2. The van der Waals surface area contributed by atoms with E-state index in [0.29, 0.717) is 12.5 Å². The number of aliphatic hydroxyl groups excluding tert-OH is 2. The molecule has 2 amide bonds. The number of hydrogen-bond donors (Lipinski definition) is 4. The molecule has 0 rings (SSSR count). The van der Waals surface area contributed by atoms with E-state index in [2.05, 4.69) is 24.5 Å². The first-order valence-electron chi connectivity index (χ1n) is 7.04. The molecule has 6 heteroatoms. The van der Waals surface area contributed by atoms with Crippen LogP contribution in [0.5, 0.6) is 0 Å². The molecule has 0 saturated heterocycles. The molecule has 0 saturated carbocycles. The molecule has 0 aromatic rings. The maximum Gasteiger partial charge on any atom is 0.249 e. The van der Waals surface area contributed by atoms with Crippen molar-refractivity contribution in [1.29, 1.82) is 0 Å². The second-order valence-corrected chi connectivity index (χ2v) is 6.12. The van der Waals surface area contributed by atoms with Crippen molar-refractivity contribution in [3.8, 4) is 0 Å². The van der Waals surface area contributed by atoms with Crippen molar-refractivity contribution in [3.05, 3.63) is 0 Å². The Bertz CT molecular complexity index is 316. The summed E-state index contributed by atoms with van der Waals surface area (Å²) in [5.74, 6) is -0.160. The Labute approximate surface area is 120 Å². The van der Waals surface area contributed by atoms with Crippen molar-refractivity contribution < 1.29 is 19.8 Å². The van der Waals surface area contributed by atoms with Crippen LogP contribution in [0.25, 0.3) is 0 Å². The summed E-state index contributed by atoms with van der Waals surface area (Å²) >= 11 is 0. The number of aliphatic hydroxyl groups is 2. The van der Waals surface area contributed by atoms with E-state index in [-0.39, 0.29) is 25.5 Å². The van der Waals surface area contributed by atoms with Crippen LogP contribution in [0.3, 0.4) is 0 Å². The van der Waals surface area contributed by atoms with Crippen molar-refractivity contribution >= 4 is 11.8 Å². The molecule has 0 radical (unpaired) electrons. The average molecular weight is 288 g/mol. The van der Waals surface area contributed by atoms with E-state index < -0.39 is 17.4 Å². The Morgan fingerprint density at radius 1 is 1.15 bits per heavy atom. The Balaban J connectivity index is 3.89. The van der Waals surface area contributed by atoms with Gasteiger partial charge >= 0.3 is 0 Å². The van der Waals surface area contributed by atoms with Gasteiger partial charge in [0, 0.05) is 24.9 Å². The van der Waals surface area contributed by atoms with Gasteiger partial charge in [0.05, 0.1) is 6.61 Å². The minimum Gasteiger partial charge on any atom is -0.396 e. The lowest BCUT2D eigenvalue weighted by molar-refractivity contribution is -0.137. The van der Waals surface area contributed by atoms with Gasteiger partial charge in [0.1, 0.15) is 6.10 Å². The Hall–Kier alpha value is -1.14. The number of amides is 2. The van der Waals surface area contributed by atoms with Crippen LogP contribution in [0.15, 0.2) is 0 Å². The van der Waals surface area contributed by atoms with E-state index in [4.69, 9.17) is 5.11 Å². The fraction of sp³-hybridized carbons (Fsp3) is 0.857. The highest BCUT2D eigenvalue weighted by Gasteiger charge is 2.32. The number of nitrogens with one attached hydrogen (secondary N) is 2. The maximum absolute atomic E-state index is 11.6. The summed E-state index contributed by atoms with van der Waals surface area (Å²) in [5.41, 5.74) is -0.899. The minimum atomic E-state index is -1.29. The smallest absolute Gasteiger partial charge is 0.249 e. The summed E-state index contributed by atoms with van der Waals surface area (Å²) in [6.45, 7) is 7.85.